The lowest BCUT2D eigenvalue weighted by Gasteiger charge is -2.36. The van der Waals surface area contributed by atoms with Crippen LogP contribution in [0.5, 0.6) is 0 Å². The minimum absolute atomic E-state index is 0.0884. The summed E-state index contributed by atoms with van der Waals surface area (Å²) in [4.78, 5) is 26.2. The van der Waals surface area contributed by atoms with Crippen LogP contribution in [0.4, 0.5) is 10.9 Å². The van der Waals surface area contributed by atoms with Gasteiger partial charge in [-0.1, -0.05) is 13.8 Å². The predicted octanol–water partition coefficient (Wildman–Crippen LogP) is 2.14. The monoisotopic (exact) mass is 464 g/mol. The summed E-state index contributed by atoms with van der Waals surface area (Å²) in [5.74, 6) is 1.82. The Balaban J connectivity index is 1.32. The van der Waals surface area contributed by atoms with E-state index in [-0.39, 0.29) is 22.9 Å². The van der Waals surface area contributed by atoms with Crippen LogP contribution in [-0.2, 0) is 14.6 Å². The number of carbonyl (C=O) groups excluding carboxylic acids is 1. The second-order valence-electron chi connectivity index (χ2n) is 8.48. The number of hydrogen-bond donors (Lipinski definition) is 1. The van der Waals surface area contributed by atoms with E-state index in [0.29, 0.717) is 18.2 Å². The van der Waals surface area contributed by atoms with E-state index in [9.17, 15) is 13.2 Å². The van der Waals surface area contributed by atoms with Gasteiger partial charge in [-0.25, -0.2) is 18.4 Å². The van der Waals surface area contributed by atoms with E-state index in [2.05, 4.69) is 38.4 Å². The van der Waals surface area contributed by atoms with E-state index in [4.69, 9.17) is 0 Å². The van der Waals surface area contributed by atoms with Gasteiger partial charge in [-0.2, -0.15) is 4.37 Å². The summed E-state index contributed by atoms with van der Waals surface area (Å²) >= 11 is 1.45. The number of piperidine rings is 1. The number of anilines is 2. The first-order chi connectivity index (χ1) is 14.7. The zero-order valence-corrected chi connectivity index (χ0v) is 19.6. The molecule has 1 amide bonds. The molecule has 2 fully saturated rings. The molecule has 31 heavy (non-hydrogen) atoms. The fraction of sp³-hybridized carbons (Fsp3) is 0.600. The number of likely N-dealkylation sites (tertiary alicyclic amines) is 1. The van der Waals surface area contributed by atoms with E-state index < -0.39 is 9.84 Å². The van der Waals surface area contributed by atoms with Crippen molar-refractivity contribution < 1.29 is 13.2 Å². The SMILES string of the molecule is CC(C)c1nsc(N2CCC(N3CCC(Nc4ccc(S(C)(=O)=O)cn4)C3=O)CC2)n1. The van der Waals surface area contributed by atoms with E-state index in [1.807, 2.05) is 4.90 Å². The van der Waals surface area contributed by atoms with Crippen LogP contribution in [0.25, 0.3) is 0 Å². The molecule has 2 aromatic heterocycles. The third kappa shape index (κ3) is 4.82. The standard InChI is InChI=1S/C20H28N6O3S2/c1-13(2)18-23-20(30-24-18)25-9-6-14(7-10-25)26-11-8-16(19(26)27)22-17-5-4-15(12-21-17)31(3,28)29/h4-5,12-14,16H,6-11H2,1-3H3,(H,21,22). The summed E-state index contributed by atoms with van der Waals surface area (Å²) in [5, 5.41) is 4.13. The zero-order chi connectivity index (χ0) is 22.2. The highest BCUT2D eigenvalue weighted by Crippen LogP contribution is 2.28. The maximum atomic E-state index is 13.0. The number of nitrogens with one attached hydrogen (secondary N) is 1. The zero-order valence-electron chi connectivity index (χ0n) is 18.0. The summed E-state index contributed by atoms with van der Waals surface area (Å²) in [6.45, 7) is 6.65. The number of aromatic nitrogens is 3. The summed E-state index contributed by atoms with van der Waals surface area (Å²) in [7, 11) is -3.29. The Morgan fingerprint density at radius 2 is 1.90 bits per heavy atom. The molecule has 2 aliphatic rings. The average molecular weight is 465 g/mol. The molecule has 1 atom stereocenters. The Bertz CT molecular complexity index is 1030. The number of hydrogen-bond acceptors (Lipinski definition) is 9. The molecule has 1 N–H and O–H groups in total. The van der Waals surface area contributed by atoms with Crippen molar-refractivity contribution in [3.8, 4) is 0 Å². The van der Waals surface area contributed by atoms with Crippen LogP contribution in [0.1, 0.15) is 44.9 Å². The van der Waals surface area contributed by atoms with Crippen LogP contribution in [-0.4, -0.2) is 71.5 Å². The quantitative estimate of drug-likeness (QED) is 0.693. The van der Waals surface area contributed by atoms with Crippen molar-refractivity contribution in [2.75, 3.05) is 36.1 Å². The number of nitrogens with zero attached hydrogens (tertiary/aromatic N) is 5. The maximum absolute atomic E-state index is 13.0. The van der Waals surface area contributed by atoms with Gasteiger partial charge in [0.15, 0.2) is 9.84 Å². The molecule has 2 saturated heterocycles. The highest BCUT2D eigenvalue weighted by atomic mass is 32.2. The largest absolute Gasteiger partial charge is 0.358 e. The van der Waals surface area contributed by atoms with Crippen molar-refractivity contribution in [2.45, 2.75) is 56.0 Å². The van der Waals surface area contributed by atoms with E-state index in [0.717, 1.165) is 49.7 Å². The van der Waals surface area contributed by atoms with Gasteiger partial charge >= 0.3 is 0 Å². The van der Waals surface area contributed by atoms with Crippen LogP contribution >= 0.6 is 11.5 Å². The van der Waals surface area contributed by atoms with Crippen LogP contribution in [0.2, 0.25) is 0 Å². The Morgan fingerprint density at radius 3 is 2.48 bits per heavy atom. The summed E-state index contributed by atoms with van der Waals surface area (Å²) in [6.07, 6.45) is 5.01. The molecule has 4 heterocycles. The van der Waals surface area contributed by atoms with Gasteiger partial charge in [0, 0.05) is 55.6 Å². The second-order valence-corrected chi connectivity index (χ2v) is 11.2. The molecule has 168 valence electrons. The first-order valence-corrected chi connectivity index (χ1v) is 13.2. The van der Waals surface area contributed by atoms with Gasteiger partial charge < -0.3 is 15.1 Å². The van der Waals surface area contributed by atoms with Gasteiger partial charge in [0.25, 0.3) is 0 Å². The van der Waals surface area contributed by atoms with E-state index >= 15 is 0 Å². The number of sulfone groups is 1. The van der Waals surface area contributed by atoms with Crippen molar-refractivity contribution in [3.05, 3.63) is 24.2 Å². The highest BCUT2D eigenvalue weighted by Gasteiger charge is 2.37. The van der Waals surface area contributed by atoms with Crippen LogP contribution in [0, 0.1) is 0 Å². The topological polar surface area (TPSA) is 108 Å². The fourth-order valence-electron chi connectivity index (χ4n) is 4.02. The minimum atomic E-state index is -3.29. The molecule has 2 aliphatic heterocycles. The molecular formula is C20H28N6O3S2. The number of rotatable bonds is 6. The van der Waals surface area contributed by atoms with Crippen LogP contribution in [0.3, 0.4) is 0 Å². The predicted molar refractivity (Wildman–Crippen MR) is 120 cm³/mol. The molecule has 2 aromatic rings. The van der Waals surface area contributed by atoms with Gasteiger partial charge in [-0.15, -0.1) is 0 Å². The lowest BCUT2D eigenvalue weighted by Crippen LogP contribution is -2.47. The molecule has 0 bridgehead atoms. The average Bonchev–Trinajstić information content (AvgIpc) is 3.36. The lowest BCUT2D eigenvalue weighted by atomic mass is 10.0. The van der Waals surface area contributed by atoms with Gasteiger partial charge in [-0.3, -0.25) is 4.79 Å². The van der Waals surface area contributed by atoms with Crippen molar-refractivity contribution in [2.24, 2.45) is 0 Å². The van der Waals surface area contributed by atoms with Crippen molar-refractivity contribution in [1.29, 1.82) is 0 Å². The number of carbonyl (C=O) groups is 1. The molecule has 0 spiro atoms. The summed E-state index contributed by atoms with van der Waals surface area (Å²) in [6, 6.07) is 3.02. The Kier molecular flexibility index (Phi) is 6.16. The Hall–Kier alpha value is -2.27. The first kappa shape index (κ1) is 21.9. The third-order valence-corrected chi connectivity index (χ3v) is 7.74. The highest BCUT2D eigenvalue weighted by molar-refractivity contribution is 7.90. The normalized spacial score (nSPS) is 20.6. The van der Waals surface area contributed by atoms with Gasteiger partial charge in [-0.05, 0) is 31.4 Å². The molecule has 11 heteroatoms. The summed E-state index contributed by atoms with van der Waals surface area (Å²) < 4.78 is 27.6. The van der Waals surface area contributed by atoms with Gasteiger partial charge in [0.05, 0.1) is 4.90 Å². The minimum Gasteiger partial charge on any atom is -0.358 e. The van der Waals surface area contributed by atoms with Crippen molar-refractivity contribution >= 4 is 38.2 Å². The molecule has 0 aliphatic carbocycles. The third-order valence-electron chi connectivity index (χ3n) is 5.85. The Morgan fingerprint density at radius 1 is 1.16 bits per heavy atom. The van der Waals surface area contributed by atoms with Crippen LogP contribution < -0.4 is 10.2 Å². The van der Waals surface area contributed by atoms with Gasteiger partial charge in [0.2, 0.25) is 11.0 Å². The molecular weight excluding hydrogens is 436 g/mol. The summed E-state index contributed by atoms with van der Waals surface area (Å²) in [5.41, 5.74) is 0. The van der Waals surface area contributed by atoms with E-state index in [1.165, 1.54) is 23.8 Å². The smallest absolute Gasteiger partial charge is 0.245 e. The van der Waals surface area contributed by atoms with Crippen molar-refractivity contribution in [1.82, 2.24) is 19.2 Å². The number of amides is 1. The molecule has 4 rings (SSSR count). The maximum Gasteiger partial charge on any atom is 0.245 e. The molecule has 9 nitrogen and oxygen atoms in total. The van der Waals surface area contributed by atoms with Gasteiger partial charge in [0.1, 0.15) is 17.7 Å². The molecule has 0 saturated carbocycles. The molecule has 0 aromatic carbocycles. The Labute approximate surface area is 187 Å². The lowest BCUT2D eigenvalue weighted by molar-refractivity contribution is -0.130. The number of pyridine rings is 1. The molecule has 0 radical (unpaired) electrons. The molecule has 1 unspecified atom stereocenters. The van der Waals surface area contributed by atoms with Crippen molar-refractivity contribution in [3.63, 3.8) is 0 Å². The first-order valence-electron chi connectivity index (χ1n) is 10.5. The van der Waals surface area contributed by atoms with Crippen LogP contribution in [0.15, 0.2) is 23.2 Å². The van der Waals surface area contributed by atoms with E-state index in [1.54, 1.807) is 6.07 Å². The fourth-order valence-corrected chi connectivity index (χ4v) is 5.44. The second kappa shape index (κ2) is 8.70.